The molecule has 0 aliphatic carbocycles. The predicted octanol–water partition coefficient (Wildman–Crippen LogP) is 5.05. The fraction of sp³-hybridized carbons (Fsp3) is 0.704. The van der Waals surface area contributed by atoms with E-state index in [0.717, 1.165) is 18.4 Å². The van der Waals surface area contributed by atoms with Gasteiger partial charge in [-0.25, -0.2) is 0 Å². The van der Waals surface area contributed by atoms with Gasteiger partial charge < -0.3 is 15.7 Å². The first-order chi connectivity index (χ1) is 15.0. The summed E-state index contributed by atoms with van der Waals surface area (Å²) < 4.78 is 0. The van der Waals surface area contributed by atoms with E-state index in [2.05, 4.69) is 52.2 Å². The molecule has 0 fully saturated rings. The molecular formula is C27H46N2O3. The number of carbonyl (C=O) groups excluding carboxylic acids is 2. The highest BCUT2D eigenvalue weighted by Gasteiger charge is 2.50. The lowest BCUT2D eigenvalue weighted by molar-refractivity contribution is -0.137. The number of ketones is 2. The van der Waals surface area contributed by atoms with Gasteiger partial charge in [0.25, 0.3) is 0 Å². The summed E-state index contributed by atoms with van der Waals surface area (Å²) in [6.45, 7) is 17.2. The smallest absolute Gasteiger partial charge is 0.157 e. The molecule has 0 spiro atoms. The van der Waals surface area contributed by atoms with Gasteiger partial charge in [0.1, 0.15) is 11.5 Å². The average Bonchev–Trinajstić information content (AvgIpc) is 2.77. The molecule has 4 atom stereocenters. The summed E-state index contributed by atoms with van der Waals surface area (Å²) in [6.07, 6.45) is 3.23. The molecule has 32 heavy (non-hydrogen) atoms. The van der Waals surface area contributed by atoms with E-state index in [1.807, 2.05) is 26.0 Å². The van der Waals surface area contributed by atoms with E-state index in [9.17, 15) is 14.7 Å². The highest BCUT2D eigenvalue weighted by Crippen LogP contribution is 2.40. The largest absolute Gasteiger partial charge is 0.508 e. The van der Waals surface area contributed by atoms with Crippen LogP contribution in [0, 0.1) is 11.3 Å². The standard InChI is InChI=1S/C27H46N2O3/c1-9-24(31)22(17-19(5)6)29-27(8,11-3)26(7,10-2)25(32)23(28-12-4)18-20-13-15-21(30)16-14-20/h13-16,19,22-23,28-30H,9-12,17-18H2,1-8H3/t22-,23+,26?,27?/m1/s1. The summed E-state index contributed by atoms with van der Waals surface area (Å²) in [6, 6.07) is 6.46. The fourth-order valence-corrected chi connectivity index (χ4v) is 4.62. The van der Waals surface area contributed by atoms with Crippen molar-refractivity contribution in [1.29, 1.82) is 0 Å². The van der Waals surface area contributed by atoms with Crippen molar-refractivity contribution in [1.82, 2.24) is 10.6 Å². The van der Waals surface area contributed by atoms with Crippen LogP contribution in [0.1, 0.15) is 86.6 Å². The first-order valence-corrected chi connectivity index (χ1v) is 12.3. The molecule has 2 unspecified atom stereocenters. The van der Waals surface area contributed by atoms with E-state index >= 15 is 0 Å². The molecule has 1 aromatic carbocycles. The molecule has 1 aromatic rings. The highest BCUT2D eigenvalue weighted by atomic mass is 16.3. The Balaban J connectivity index is 3.30. The number of hydrogen-bond donors (Lipinski definition) is 3. The zero-order valence-electron chi connectivity index (χ0n) is 21.5. The van der Waals surface area contributed by atoms with Crippen molar-refractivity contribution in [2.75, 3.05) is 6.54 Å². The van der Waals surface area contributed by atoms with Crippen molar-refractivity contribution in [3.05, 3.63) is 29.8 Å². The van der Waals surface area contributed by atoms with Crippen LogP contribution in [-0.4, -0.2) is 40.8 Å². The average molecular weight is 447 g/mol. The first-order valence-electron chi connectivity index (χ1n) is 12.3. The molecule has 0 aromatic heterocycles. The van der Waals surface area contributed by atoms with Crippen molar-refractivity contribution in [3.63, 3.8) is 0 Å². The SMILES string of the molecule is CCN[C@@H](Cc1ccc(O)cc1)C(=O)C(C)(CC)C(C)(CC)N[C@H](CC(C)C)C(=O)CC. The Kier molecular flexibility index (Phi) is 11.1. The molecule has 5 nitrogen and oxygen atoms in total. The molecule has 5 heteroatoms. The van der Waals surface area contributed by atoms with Gasteiger partial charge in [-0.3, -0.25) is 9.59 Å². The van der Waals surface area contributed by atoms with Crippen LogP contribution in [0.4, 0.5) is 0 Å². The maximum Gasteiger partial charge on any atom is 0.157 e. The molecule has 0 saturated heterocycles. The van der Waals surface area contributed by atoms with Crippen LogP contribution < -0.4 is 10.6 Å². The number of phenols is 1. The fourth-order valence-electron chi connectivity index (χ4n) is 4.62. The zero-order chi connectivity index (χ0) is 24.5. The number of benzene rings is 1. The molecule has 0 aliphatic heterocycles. The lowest BCUT2D eigenvalue weighted by Crippen LogP contribution is -2.64. The van der Waals surface area contributed by atoms with E-state index in [4.69, 9.17) is 0 Å². The normalized spacial score (nSPS) is 17.4. The lowest BCUT2D eigenvalue weighted by Gasteiger charge is -2.48. The van der Waals surface area contributed by atoms with Crippen molar-refractivity contribution >= 4 is 11.6 Å². The van der Waals surface area contributed by atoms with E-state index in [0.29, 0.717) is 31.7 Å². The van der Waals surface area contributed by atoms with Gasteiger partial charge in [0.05, 0.1) is 12.1 Å². The van der Waals surface area contributed by atoms with Crippen molar-refractivity contribution < 1.29 is 14.7 Å². The maximum absolute atomic E-state index is 14.1. The van der Waals surface area contributed by atoms with Crippen LogP contribution in [0.15, 0.2) is 24.3 Å². The molecule has 182 valence electrons. The second-order valence-electron chi connectivity index (χ2n) is 9.86. The number of carbonyl (C=O) groups is 2. The van der Waals surface area contributed by atoms with Crippen LogP contribution in [0.3, 0.4) is 0 Å². The van der Waals surface area contributed by atoms with E-state index in [1.165, 1.54) is 0 Å². The second-order valence-corrected chi connectivity index (χ2v) is 9.86. The molecule has 0 amide bonds. The van der Waals surface area contributed by atoms with Gasteiger partial charge in [-0.05, 0) is 62.8 Å². The predicted molar refractivity (Wildman–Crippen MR) is 133 cm³/mol. The summed E-state index contributed by atoms with van der Waals surface area (Å²) >= 11 is 0. The molecule has 0 aliphatic rings. The van der Waals surface area contributed by atoms with Gasteiger partial charge in [-0.15, -0.1) is 0 Å². The Labute approximate surface area is 195 Å². The van der Waals surface area contributed by atoms with Crippen LogP contribution in [0.5, 0.6) is 5.75 Å². The van der Waals surface area contributed by atoms with Crippen molar-refractivity contribution in [2.24, 2.45) is 11.3 Å². The van der Waals surface area contributed by atoms with Gasteiger partial charge >= 0.3 is 0 Å². The monoisotopic (exact) mass is 446 g/mol. The summed E-state index contributed by atoms with van der Waals surface area (Å²) in [5.74, 6) is 0.977. The third kappa shape index (κ3) is 6.89. The first kappa shape index (κ1) is 28.3. The summed E-state index contributed by atoms with van der Waals surface area (Å²) in [5, 5.41) is 16.7. The van der Waals surface area contributed by atoms with Gasteiger partial charge in [-0.1, -0.05) is 60.6 Å². The molecular weight excluding hydrogens is 400 g/mol. The number of Topliss-reactive ketones (excluding diaryl/α,β-unsaturated/α-hetero) is 2. The number of phenolic OH excluding ortho intramolecular Hbond substituents is 1. The van der Waals surface area contributed by atoms with Gasteiger partial charge in [0.2, 0.25) is 0 Å². The maximum atomic E-state index is 14.1. The van der Waals surface area contributed by atoms with Gasteiger partial charge in [0.15, 0.2) is 5.78 Å². The molecule has 1 rings (SSSR count). The molecule has 0 bridgehead atoms. The summed E-state index contributed by atoms with van der Waals surface area (Å²) in [7, 11) is 0. The number of nitrogens with one attached hydrogen (secondary N) is 2. The van der Waals surface area contributed by atoms with Crippen molar-refractivity contribution in [3.8, 4) is 5.75 Å². The molecule has 0 radical (unpaired) electrons. The Morgan fingerprint density at radius 1 is 0.969 bits per heavy atom. The van der Waals surface area contributed by atoms with Crippen molar-refractivity contribution in [2.45, 2.75) is 105 Å². The summed E-state index contributed by atoms with van der Waals surface area (Å²) in [5.41, 5.74) is -0.175. The van der Waals surface area contributed by atoms with Crippen LogP contribution in [0.25, 0.3) is 0 Å². The number of aromatic hydroxyl groups is 1. The van der Waals surface area contributed by atoms with E-state index in [-0.39, 0.29) is 29.4 Å². The highest BCUT2D eigenvalue weighted by molar-refractivity contribution is 5.91. The second kappa shape index (κ2) is 12.5. The molecule has 0 saturated carbocycles. The Bertz CT molecular complexity index is 731. The van der Waals surface area contributed by atoms with Crippen LogP contribution in [-0.2, 0) is 16.0 Å². The Morgan fingerprint density at radius 2 is 1.56 bits per heavy atom. The topological polar surface area (TPSA) is 78.4 Å². The minimum atomic E-state index is -0.658. The van der Waals surface area contributed by atoms with E-state index < -0.39 is 11.0 Å². The van der Waals surface area contributed by atoms with Crippen LogP contribution in [0.2, 0.25) is 0 Å². The van der Waals surface area contributed by atoms with E-state index in [1.54, 1.807) is 12.1 Å². The third-order valence-corrected chi connectivity index (χ3v) is 7.26. The Hall–Kier alpha value is -1.72. The number of likely N-dealkylation sites (N-methyl/N-ethyl adjacent to an activating group) is 1. The third-order valence-electron chi connectivity index (χ3n) is 7.26. The quantitative estimate of drug-likeness (QED) is 0.351. The lowest BCUT2D eigenvalue weighted by atomic mass is 9.63. The Morgan fingerprint density at radius 3 is 2.00 bits per heavy atom. The number of rotatable bonds is 15. The molecule has 0 heterocycles. The van der Waals surface area contributed by atoms with Gasteiger partial charge in [0, 0.05) is 17.4 Å². The number of hydrogen-bond acceptors (Lipinski definition) is 5. The van der Waals surface area contributed by atoms with Gasteiger partial charge in [-0.2, -0.15) is 0 Å². The molecule has 3 N–H and O–H groups in total. The minimum Gasteiger partial charge on any atom is -0.508 e. The summed E-state index contributed by atoms with van der Waals surface area (Å²) in [4.78, 5) is 26.8. The van der Waals surface area contributed by atoms with Crippen LogP contribution >= 0.6 is 0 Å². The zero-order valence-corrected chi connectivity index (χ0v) is 21.5. The minimum absolute atomic E-state index is 0.166.